The van der Waals surface area contributed by atoms with E-state index in [0.717, 1.165) is 11.3 Å². The second-order valence-corrected chi connectivity index (χ2v) is 5.04. The van der Waals surface area contributed by atoms with E-state index < -0.39 is 5.41 Å². The zero-order valence-corrected chi connectivity index (χ0v) is 12.1. The van der Waals surface area contributed by atoms with Crippen LogP contribution < -0.4 is 4.74 Å². The molecule has 0 N–H and O–H groups in total. The van der Waals surface area contributed by atoms with Crippen molar-refractivity contribution in [2.24, 2.45) is 5.41 Å². The molecule has 0 bridgehead atoms. The molecule has 0 amide bonds. The molecule has 0 saturated carbocycles. The van der Waals surface area contributed by atoms with E-state index in [-0.39, 0.29) is 5.78 Å². The van der Waals surface area contributed by atoms with Gasteiger partial charge in [0.1, 0.15) is 11.5 Å². The summed E-state index contributed by atoms with van der Waals surface area (Å²) >= 11 is 0. The highest BCUT2D eigenvalue weighted by atomic mass is 16.5. The van der Waals surface area contributed by atoms with Crippen LogP contribution in [0.4, 0.5) is 0 Å². The van der Waals surface area contributed by atoms with Gasteiger partial charge in [0.15, 0.2) is 0 Å². The van der Waals surface area contributed by atoms with Gasteiger partial charge in [0.2, 0.25) is 0 Å². The van der Waals surface area contributed by atoms with Crippen molar-refractivity contribution in [1.29, 1.82) is 0 Å². The Morgan fingerprint density at radius 2 is 1.89 bits per heavy atom. The van der Waals surface area contributed by atoms with Crippen molar-refractivity contribution in [2.45, 2.75) is 27.4 Å². The molecule has 0 aromatic heterocycles. The molecular formula is C16H22O3. The number of Topliss-reactive ketones (excluding diaryl/α,β-unsaturated/α-hetero) is 1. The van der Waals surface area contributed by atoms with Crippen molar-refractivity contribution >= 4 is 5.78 Å². The van der Waals surface area contributed by atoms with E-state index in [2.05, 4.69) is 0 Å². The van der Waals surface area contributed by atoms with Crippen molar-refractivity contribution in [2.75, 3.05) is 13.7 Å². The number of methoxy groups -OCH3 is 1. The van der Waals surface area contributed by atoms with E-state index in [1.807, 2.05) is 50.3 Å². The van der Waals surface area contributed by atoms with Gasteiger partial charge < -0.3 is 9.47 Å². The average molecular weight is 262 g/mol. The largest absolute Gasteiger partial charge is 0.497 e. The molecule has 0 atom stereocenters. The van der Waals surface area contributed by atoms with E-state index in [1.54, 1.807) is 14.0 Å². The van der Waals surface area contributed by atoms with Gasteiger partial charge in [0, 0.05) is 5.41 Å². The van der Waals surface area contributed by atoms with E-state index in [0.29, 0.717) is 13.2 Å². The number of benzene rings is 1. The standard InChI is InChI=1S/C16H22O3/c1-13(17)16(2,3)10-5-11-19-12-14-6-8-15(18-4)9-7-14/h5-10H,11-12H2,1-4H3. The van der Waals surface area contributed by atoms with Crippen LogP contribution in [0.1, 0.15) is 26.3 Å². The molecule has 1 rings (SSSR count). The summed E-state index contributed by atoms with van der Waals surface area (Å²) in [5.41, 5.74) is 0.684. The fraction of sp³-hybridized carbons (Fsp3) is 0.438. The molecule has 0 aliphatic heterocycles. The molecule has 0 aliphatic rings. The van der Waals surface area contributed by atoms with Gasteiger partial charge in [-0.1, -0.05) is 24.3 Å². The van der Waals surface area contributed by atoms with Crippen molar-refractivity contribution < 1.29 is 14.3 Å². The number of hydrogen-bond donors (Lipinski definition) is 0. The fourth-order valence-corrected chi connectivity index (χ4v) is 1.43. The van der Waals surface area contributed by atoms with Crippen molar-refractivity contribution in [3.63, 3.8) is 0 Å². The number of carbonyl (C=O) groups is 1. The van der Waals surface area contributed by atoms with Crippen LogP contribution in [-0.4, -0.2) is 19.5 Å². The molecule has 19 heavy (non-hydrogen) atoms. The maximum Gasteiger partial charge on any atom is 0.139 e. The van der Waals surface area contributed by atoms with Crippen molar-refractivity contribution in [3.05, 3.63) is 42.0 Å². The average Bonchev–Trinajstić information content (AvgIpc) is 2.38. The van der Waals surface area contributed by atoms with Gasteiger partial charge >= 0.3 is 0 Å². The Labute approximate surface area is 115 Å². The summed E-state index contributed by atoms with van der Waals surface area (Å²) in [7, 11) is 1.65. The Kier molecular flexibility index (Phi) is 5.77. The number of ether oxygens (including phenoxy) is 2. The Morgan fingerprint density at radius 1 is 1.26 bits per heavy atom. The summed E-state index contributed by atoms with van der Waals surface area (Å²) in [6, 6.07) is 7.77. The van der Waals surface area contributed by atoms with Gasteiger partial charge in [-0.05, 0) is 38.5 Å². The molecule has 0 saturated heterocycles. The minimum absolute atomic E-state index is 0.152. The van der Waals surface area contributed by atoms with Gasteiger partial charge in [0.05, 0.1) is 20.3 Å². The van der Waals surface area contributed by atoms with Gasteiger partial charge in [0.25, 0.3) is 0 Å². The Bertz CT molecular complexity index is 430. The van der Waals surface area contributed by atoms with Crippen molar-refractivity contribution in [3.8, 4) is 5.75 Å². The summed E-state index contributed by atoms with van der Waals surface area (Å²) in [5.74, 6) is 0.991. The van der Waals surface area contributed by atoms with Crippen LogP contribution in [0.15, 0.2) is 36.4 Å². The quantitative estimate of drug-likeness (QED) is 0.558. The number of allylic oxidation sites excluding steroid dienone is 1. The van der Waals surface area contributed by atoms with Crippen LogP contribution in [0.3, 0.4) is 0 Å². The molecular weight excluding hydrogens is 240 g/mol. The monoisotopic (exact) mass is 262 g/mol. The second kappa shape index (κ2) is 7.10. The normalized spacial score (nSPS) is 11.8. The predicted octanol–water partition coefficient (Wildman–Crippen LogP) is 3.38. The molecule has 3 nitrogen and oxygen atoms in total. The molecule has 1 aromatic carbocycles. The lowest BCUT2D eigenvalue weighted by Crippen LogP contribution is -2.18. The number of rotatable bonds is 7. The number of hydrogen-bond acceptors (Lipinski definition) is 3. The first-order valence-corrected chi connectivity index (χ1v) is 6.35. The highest BCUT2D eigenvalue weighted by molar-refractivity contribution is 5.83. The maximum absolute atomic E-state index is 11.3. The number of ketones is 1. The predicted molar refractivity (Wildman–Crippen MR) is 76.3 cm³/mol. The minimum atomic E-state index is -0.413. The lowest BCUT2D eigenvalue weighted by Gasteiger charge is -2.15. The summed E-state index contributed by atoms with van der Waals surface area (Å²) < 4.78 is 10.6. The van der Waals surface area contributed by atoms with Gasteiger partial charge in [-0.3, -0.25) is 4.79 Å². The van der Waals surface area contributed by atoms with Crippen LogP contribution in [0.2, 0.25) is 0 Å². The first-order valence-electron chi connectivity index (χ1n) is 6.35. The van der Waals surface area contributed by atoms with E-state index >= 15 is 0 Å². The summed E-state index contributed by atoms with van der Waals surface area (Å²) in [4.78, 5) is 11.3. The summed E-state index contributed by atoms with van der Waals surface area (Å²) in [6.45, 7) is 6.45. The summed E-state index contributed by atoms with van der Waals surface area (Å²) in [5, 5.41) is 0. The highest BCUT2D eigenvalue weighted by Gasteiger charge is 2.18. The molecule has 0 fully saturated rings. The third-order valence-electron chi connectivity index (χ3n) is 3.08. The molecule has 0 heterocycles. The zero-order valence-electron chi connectivity index (χ0n) is 12.1. The first-order chi connectivity index (χ1) is 8.95. The first kappa shape index (κ1) is 15.4. The van der Waals surface area contributed by atoms with Crippen LogP contribution >= 0.6 is 0 Å². The fourth-order valence-electron chi connectivity index (χ4n) is 1.43. The minimum Gasteiger partial charge on any atom is -0.497 e. The van der Waals surface area contributed by atoms with E-state index in [1.165, 1.54) is 0 Å². The van der Waals surface area contributed by atoms with Crippen molar-refractivity contribution in [1.82, 2.24) is 0 Å². The third kappa shape index (κ3) is 5.26. The molecule has 3 heteroatoms. The molecule has 0 spiro atoms. The van der Waals surface area contributed by atoms with E-state index in [4.69, 9.17) is 9.47 Å². The van der Waals surface area contributed by atoms with E-state index in [9.17, 15) is 4.79 Å². The second-order valence-electron chi connectivity index (χ2n) is 5.04. The Hall–Kier alpha value is -1.61. The molecule has 0 aliphatic carbocycles. The van der Waals surface area contributed by atoms with Crippen LogP contribution in [0, 0.1) is 5.41 Å². The SMILES string of the molecule is COc1ccc(COCC=CC(C)(C)C(C)=O)cc1. The Balaban J connectivity index is 2.34. The van der Waals surface area contributed by atoms with Gasteiger partial charge in [-0.2, -0.15) is 0 Å². The smallest absolute Gasteiger partial charge is 0.139 e. The zero-order chi connectivity index (χ0) is 14.3. The summed E-state index contributed by atoms with van der Waals surface area (Å²) in [6.07, 6.45) is 3.79. The maximum atomic E-state index is 11.3. The van der Waals surface area contributed by atoms with Crippen LogP contribution in [-0.2, 0) is 16.1 Å². The number of carbonyl (C=O) groups excluding carboxylic acids is 1. The third-order valence-corrected chi connectivity index (χ3v) is 3.08. The topological polar surface area (TPSA) is 35.5 Å². The molecule has 0 radical (unpaired) electrons. The lowest BCUT2D eigenvalue weighted by atomic mass is 9.89. The van der Waals surface area contributed by atoms with Crippen LogP contribution in [0.25, 0.3) is 0 Å². The lowest BCUT2D eigenvalue weighted by molar-refractivity contribution is -0.122. The molecule has 104 valence electrons. The van der Waals surface area contributed by atoms with Gasteiger partial charge in [-0.15, -0.1) is 0 Å². The van der Waals surface area contributed by atoms with Gasteiger partial charge in [-0.25, -0.2) is 0 Å². The molecule has 1 aromatic rings. The Morgan fingerprint density at radius 3 is 2.42 bits per heavy atom. The molecule has 0 unspecified atom stereocenters. The van der Waals surface area contributed by atoms with Crippen LogP contribution in [0.5, 0.6) is 5.75 Å². The highest BCUT2D eigenvalue weighted by Crippen LogP contribution is 2.18.